The third kappa shape index (κ3) is 2.67. The fourth-order valence-electron chi connectivity index (χ4n) is 1.66. The van der Waals surface area contributed by atoms with Crippen LogP contribution in [0, 0.1) is 5.41 Å². The van der Waals surface area contributed by atoms with Crippen molar-refractivity contribution >= 4 is 29.0 Å². The van der Waals surface area contributed by atoms with Gasteiger partial charge in [-0.2, -0.15) is 0 Å². The van der Waals surface area contributed by atoms with Gasteiger partial charge in [0.05, 0.1) is 13.2 Å². The minimum atomic E-state index is 0.452. The summed E-state index contributed by atoms with van der Waals surface area (Å²) in [5, 5.41) is 9.18. The SMILES string of the molecule is N=C(c1cc(Cl)cc(Cl)c1)N1CCOCC1. The molecule has 1 aliphatic heterocycles. The number of ether oxygens (including phenoxy) is 1. The second kappa shape index (κ2) is 5.04. The summed E-state index contributed by atoms with van der Waals surface area (Å²) in [5.41, 5.74) is 0.749. The lowest BCUT2D eigenvalue weighted by Gasteiger charge is -2.29. The average Bonchev–Trinajstić information content (AvgIpc) is 2.28. The van der Waals surface area contributed by atoms with Crippen molar-refractivity contribution in [3.8, 4) is 0 Å². The number of hydrogen-bond acceptors (Lipinski definition) is 2. The first kappa shape index (κ1) is 11.7. The molecule has 3 nitrogen and oxygen atoms in total. The largest absolute Gasteiger partial charge is 0.378 e. The van der Waals surface area contributed by atoms with Crippen LogP contribution < -0.4 is 0 Å². The second-order valence-corrected chi connectivity index (χ2v) is 4.48. The molecule has 1 N–H and O–H groups in total. The lowest BCUT2D eigenvalue weighted by atomic mass is 10.2. The van der Waals surface area contributed by atoms with E-state index in [4.69, 9.17) is 33.3 Å². The van der Waals surface area contributed by atoms with Gasteiger partial charge in [-0.1, -0.05) is 23.2 Å². The summed E-state index contributed by atoms with van der Waals surface area (Å²) >= 11 is 11.8. The number of rotatable bonds is 1. The maximum Gasteiger partial charge on any atom is 0.128 e. The van der Waals surface area contributed by atoms with Crippen LogP contribution in [0.2, 0.25) is 10.0 Å². The van der Waals surface area contributed by atoms with Gasteiger partial charge >= 0.3 is 0 Å². The molecule has 1 heterocycles. The van der Waals surface area contributed by atoms with Gasteiger partial charge in [-0.25, -0.2) is 0 Å². The van der Waals surface area contributed by atoms with E-state index in [2.05, 4.69) is 0 Å². The molecule has 1 aliphatic rings. The third-order valence-corrected chi connectivity index (χ3v) is 2.90. The highest BCUT2D eigenvalue weighted by molar-refractivity contribution is 6.35. The van der Waals surface area contributed by atoms with Crippen LogP contribution in [-0.2, 0) is 4.74 Å². The molecule has 0 saturated carbocycles. The van der Waals surface area contributed by atoms with Crippen molar-refractivity contribution in [1.29, 1.82) is 5.41 Å². The Morgan fingerprint density at radius 3 is 2.25 bits per heavy atom. The Bertz CT molecular complexity index is 383. The molecule has 1 aromatic carbocycles. The molecular weight excluding hydrogens is 247 g/mol. The zero-order chi connectivity index (χ0) is 11.5. The highest BCUT2D eigenvalue weighted by atomic mass is 35.5. The zero-order valence-corrected chi connectivity index (χ0v) is 10.2. The Balaban J connectivity index is 2.19. The minimum Gasteiger partial charge on any atom is -0.378 e. The number of morpholine rings is 1. The molecule has 0 aromatic heterocycles. The quantitative estimate of drug-likeness (QED) is 0.621. The van der Waals surface area contributed by atoms with E-state index >= 15 is 0 Å². The molecule has 86 valence electrons. The van der Waals surface area contributed by atoms with Gasteiger partial charge in [-0.05, 0) is 18.2 Å². The number of nitrogens with one attached hydrogen (secondary N) is 1. The second-order valence-electron chi connectivity index (χ2n) is 3.61. The normalized spacial score (nSPS) is 16.2. The maximum atomic E-state index is 8.07. The first-order valence-corrected chi connectivity index (χ1v) is 5.80. The molecule has 1 fully saturated rings. The minimum absolute atomic E-state index is 0.452. The lowest BCUT2D eigenvalue weighted by molar-refractivity contribution is 0.0680. The van der Waals surface area contributed by atoms with E-state index in [1.165, 1.54) is 0 Å². The first-order valence-electron chi connectivity index (χ1n) is 5.04. The van der Waals surface area contributed by atoms with E-state index in [0.29, 0.717) is 29.1 Å². The maximum absolute atomic E-state index is 8.07. The standard InChI is InChI=1S/C11H12Cl2N2O/c12-9-5-8(6-10(13)7-9)11(14)15-1-3-16-4-2-15/h5-7,14H,1-4H2. The van der Waals surface area contributed by atoms with Crippen LogP contribution in [0.5, 0.6) is 0 Å². The van der Waals surface area contributed by atoms with Crippen LogP contribution in [0.4, 0.5) is 0 Å². The van der Waals surface area contributed by atoms with Crippen molar-refractivity contribution in [2.75, 3.05) is 26.3 Å². The zero-order valence-electron chi connectivity index (χ0n) is 8.67. The Labute approximate surface area is 104 Å². The molecule has 0 radical (unpaired) electrons. The Kier molecular flexibility index (Phi) is 3.69. The van der Waals surface area contributed by atoms with E-state index in [1.807, 2.05) is 4.90 Å². The van der Waals surface area contributed by atoms with Crippen molar-refractivity contribution in [1.82, 2.24) is 4.90 Å². The van der Waals surface area contributed by atoms with E-state index < -0.39 is 0 Å². The van der Waals surface area contributed by atoms with Gasteiger partial charge in [-0.15, -0.1) is 0 Å². The fourth-order valence-corrected chi connectivity index (χ4v) is 2.19. The van der Waals surface area contributed by atoms with Gasteiger partial charge in [0.1, 0.15) is 5.84 Å². The summed E-state index contributed by atoms with van der Waals surface area (Å²) in [6, 6.07) is 5.18. The molecule has 1 saturated heterocycles. The summed E-state index contributed by atoms with van der Waals surface area (Å²) in [6.07, 6.45) is 0. The molecule has 16 heavy (non-hydrogen) atoms. The Morgan fingerprint density at radius 2 is 1.69 bits per heavy atom. The lowest BCUT2D eigenvalue weighted by Crippen LogP contribution is -2.40. The summed E-state index contributed by atoms with van der Waals surface area (Å²) in [4.78, 5) is 1.96. The molecule has 5 heteroatoms. The van der Waals surface area contributed by atoms with E-state index in [-0.39, 0.29) is 0 Å². The predicted octanol–water partition coefficient (Wildman–Crippen LogP) is 2.65. The number of nitrogens with zero attached hydrogens (tertiary/aromatic N) is 1. The summed E-state index contributed by atoms with van der Waals surface area (Å²) in [7, 11) is 0. The van der Waals surface area contributed by atoms with Crippen LogP contribution in [0.1, 0.15) is 5.56 Å². The number of amidine groups is 1. The van der Waals surface area contributed by atoms with Crippen molar-refractivity contribution < 1.29 is 4.74 Å². The van der Waals surface area contributed by atoms with Crippen molar-refractivity contribution in [3.63, 3.8) is 0 Å². The summed E-state index contributed by atoms with van der Waals surface area (Å²) in [5.74, 6) is 0.452. The van der Waals surface area contributed by atoms with Gasteiger partial charge in [-0.3, -0.25) is 5.41 Å². The van der Waals surface area contributed by atoms with E-state index in [9.17, 15) is 0 Å². The number of halogens is 2. The van der Waals surface area contributed by atoms with Gasteiger partial charge in [0, 0.05) is 28.7 Å². The van der Waals surface area contributed by atoms with Crippen LogP contribution in [-0.4, -0.2) is 37.0 Å². The highest BCUT2D eigenvalue weighted by Crippen LogP contribution is 2.20. The van der Waals surface area contributed by atoms with Gasteiger partial charge in [0.2, 0.25) is 0 Å². The van der Waals surface area contributed by atoms with Crippen molar-refractivity contribution in [3.05, 3.63) is 33.8 Å². The number of benzene rings is 1. The van der Waals surface area contributed by atoms with E-state index in [1.54, 1.807) is 18.2 Å². The van der Waals surface area contributed by atoms with Crippen LogP contribution >= 0.6 is 23.2 Å². The van der Waals surface area contributed by atoms with Gasteiger partial charge in [0.25, 0.3) is 0 Å². The van der Waals surface area contributed by atoms with Crippen molar-refractivity contribution in [2.45, 2.75) is 0 Å². The molecule has 0 bridgehead atoms. The number of hydrogen-bond donors (Lipinski definition) is 1. The summed E-state index contributed by atoms with van der Waals surface area (Å²) < 4.78 is 5.24. The fraction of sp³-hybridized carbons (Fsp3) is 0.364. The molecule has 1 aromatic rings. The molecule has 0 amide bonds. The third-order valence-electron chi connectivity index (χ3n) is 2.46. The van der Waals surface area contributed by atoms with Gasteiger partial charge in [0.15, 0.2) is 0 Å². The monoisotopic (exact) mass is 258 g/mol. The molecular formula is C11H12Cl2N2O. The van der Waals surface area contributed by atoms with Crippen LogP contribution in [0.25, 0.3) is 0 Å². The highest BCUT2D eigenvalue weighted by Gasteiger charge is 2.15. The topological polar surface area (TPSA) is 36.3 Å². The smallest absolute Gasteiger partial charge is 0.128 e. The van der Waals surface area contributed by atoms with Crippen LogP contribution in [0.3, 0.4) is 0 Å². The Hall–Kier alpha value is -0.770. The Morgan fingerprint density at radius 1 is 1.12 bits per heavy atom. The van der Waals surface area contributed by atoms with Crippen LogP contribution in [0.15, 0.2) is 18.2 Å². The molecule has 0 spiro atoms. The molecule has 0 unspecified atom stereocenters. The predicted molar refractivity (Wildman–Crippen MR) is 65.7 cm³/mol. The summed E-state index contributed by atoms with van der Waals surface area (Å²) in [6.45, 7) is 2.80. The van der Waals surface area contributed by atoms with Gasteiger partial charge < -0.3 is 9.64 Å². The average molecular weight is 259 g/mol. The molecule has 2 rings (SSSR count). The molecule has 0 aliphatic carbocycles. The van der Waals surface area contributed by atoms with Crippen molar-refractivity contribution in [2.24, 2.45) is 0 Å². The first-order chi connectivity index (χ1) is 7.66. The van der Waals surface area contributed by atoms with E-state index in [0.717, 1.165) is 18.7 Å². The molecule has 0 atom stereocenters.